The molecule has 20 heavy (non-hydrogen) atoms. The molecule has 0 aliphatic carbocycles. The van der Waals surface area contributed by atoms with Crippen molar-refractivity contribution in [3.8, 4) is 5.75 Å². The van der Waals surface area contributed by atoms with Crippen molar-refractivity contribution >= 4 is 5.91 Å². The molecule has 2 rings (SSSR count). The highest BCUT2D eigenvalue weighted by atomic mass is 19.1. The molecule has 1 N–H and O–H groups in total. The van der Waals surface area contributed by atoms with Crippen LogP contribution in [-0.4, -0.2) is 24.0 Å². The summed E-state index contributed by atoms with van der Waals surface area (Å²) in [4.78, 5) is 15.5. The first-order valence-corrected chi connectivity index (χ1v) is 5.92. The summed E-state index contributed by atoms with van der Waals surface area (Å²) in [6.45, 7) is 0.332. The Morgan fingerprint density at radius 2 is 1.80 bits per heavy atom. The lowest BCUT2D eigenvalue weighted by molar-refractivity contribution is 0.0947. The fourth-order valence-electron chi connectivity index (χ4n) is 1.55. The molecule has 2 aromatic rings. The minimum atomic E-state index is -0.708. The van der Waals surface area contributed by atoms with E-state index in [2.05, 4.69) is 10.3 Å². The van der Waals surface area contributed by atoms with Crippen molar-refractivity contribution in [3.63, 3.8) is 0 Å². The predicted octanol–water partition coefficient (Wildman–Crippen LogP) is 2.17. The van der Waals surface area contributed by atoms with Gasteiger partial charge in [-0.25, -0.2) is 8.78 Å². The van der Waals surface area contributed by atoms with Gasteiger partial charge in [-0.1, -0.05) is 0 Å². The molecule has 0 aliphatic heterocycles. The van der Waals surface area contributed by atoms with Crippen molar-refractivity contribution in [1.29, 1.82) is 0 Å². The molecule has 0 aliphatic rings. The summed E-state index contributed by atoms with van der Waals surface area (Å²) in [7, 11) is 0. The Labute approximate surface area is 114 Å². The zero-order valence-corrected chi connectivity index (χ0v) is 10.5. The Kier molecular flexibility index (Phi) is 4.60. The average Bonchev–Trinajstić information content (AvgIpc) is 2.43. The number of benzene rings is 1. The summed E-state index contributed by atoms with van der Waals surface area (Å²) >= 11 is 0. The van der Waals surface area contributed by atoms with Gasteiger partial charge >= 0.3 is 0 Å². The van der Waals surface area contributed by atoms with Gasteiger partial charge in [0.1, 0.15) is 24.0 Å². The molecule has 0 radical (unpaired) electrons. The van der Waals surface area contributed by atoms with Gasteiger partial charge in [-0.05, 0) is 12.1 Å². The maximum absolute atomic E-state index is 12.9. The van der Waals surface area contributed by atoms with Gasteiger partial charge in [-0.15, -0.1) is 0 Å². The van der Waals surface area contributed by atoms with E-state index in [9.17, 15) is 13.6 Å². The third kappa shape index (κ3) is 4.01. The van der Waals surface area contributed by atoms with Gasteiger partial charge < -0.3 is 10.1 Å². The van der Waals surface area contributed by atoms with Crippen molar-refractivity contribution in [2.75, 3.05) is 13.2 Å². The lowest BCUT2D eigenvalue weighted by Crippen LogP contribution is -2.28. The van der Waals surface area contributed by atoms with Crippen LogP contribution < -0.4 is 10.1 Å². The van der Waals surface area contributed by atoms with E-state index in [1.807, 2.05) is 0 Å². The Morgan fingerprint density at radius 3 is 2.45 bits per heavy atom. The number of halogens is 2. The summed E-state index contributed by atoms with van der Waals surface area (Å²) in [5.74, 6) is -1.59. The molecule has 1 amide bonds. The van der Waals surface area contributed by atoms with Gasteiger partial charge in [0.25, 0.3) is 5.91 Å². The summed E-state index contributed by atoms with van der Waals surface area (Å²) in [6, 6.07) is 6.08. The van der Waals surface area contributed by atoms with Gasteiger partial charge in [0.05, 0.1) is 6.54 Å². The van der Waals surface area contributed by atoms with E-state index in [1.54, 1.807) is 12.1 Å². The fraction of sp³-hybridized carbons (Fsp3) is 0.143. The highest BCUT2D eigenvalue weighted by Crippen LogP contribution is 2.14. The molecule has 1 aromatic heterocycles. The second-order valence-corrected chi connectivity index (χ2v) is 3.95. The highest BCUT2D eigenvalue weighted by Gasteiger charge is 2.04. The molecule has 1 aromatic carbocycles. The highest BCUT2D eigenvalue weighted by molar-refractivity contribution is 5.93. The predicted molar refractivity (Wildman–Crippen MR) is 68.4 cm³/mol. The van der Waals surface area contributed by atoms with Crippen molar-refractivity contribution in [1.82, 2.24) is 10.3 Å². The first-order chi connectivity index (χ1) is 9.65. The molecule has 0 bridgehead atoms. The summed E-state index contributed by atoms with van der Waals surface area (Å²) < 4.78 is 30.9. The van der Waals surface area contributed by atoms with Crippen LogP contribution in [0.3, 0.4) is 0 Å². The van der Waals surface area contributed by atoms with Crippen LogP contribution in [0.1, 0.15) is 10.4 Å². The number of pyridine rings is 1. The smallest absolute Gasteiger partial charge is 0.251 e. The summed E-state index contributed by atoms with van der Waals surface area (Å²) in [5, 5.41) is 2.62. The normalized spacial score (nSPS) is 10.1. The molecule has 1 heterocycles. The van der Waals surface area contributed by atoms with Gasteiger partial charge in [0.15, 0.2) is 0 Å². The lowest BCUT2D eigenvalue weighted by Gasteiger charge is -2.08. The molecule has 0 atom stereocenters. The topological polar surface area (TPSA) is 51.2 Å². The number of hydrogen-bond donors (Lipinski definition) is 1. The zero-order valence-electron chi connectivity index (χ0n) is 10.5. The third-order valence-electron chi connectivity index (χ3n) is 2.43. The standard InChI is InChI=1S/C14H12F2N2O2/c15-11-7-12(16)9-13(8-11)20-6-5-18-14(19)10-1-3-17-4-2-10/h1-4,7-9H,5-6H2,(H,18,19). The van der Waals surface area contributed by atoms with Crippen molar-refractivity contribution in [2.24, 2.45) is 0 Å². The van der Waals surface area contributed by atoms with Crippen LogP contribution in [0, 0.1) is 11.6 Å². The van der Waals surface area contributed by atoms with Crippen LogP contribution >= 0.6 is 0 Å². The van der Waals surface area contributed by atoms with Crippen molar-refractivity contribution in [3.05, 3.63) is 59.9 Å². The molecule has 0 unspecified atom stereocenters. The molecule has 6 heteroatoms. The first kappa shape index (κ1) is 13.9. The van der Waals surface area contributed by atoms with Gasteiger partial charge in [0, 0.05) is 36.2 Å². The maximum atomic E-state index is 12.9. The van der Waals surface area contributed by atoms with Crippen LogP contribution in [0.5, 0.6) is 5.75 Å². The Bertz CT molecular complexity index is 571. The number of aromatic nitrogens is 1. The minimum absolute atomic E-state index is 0.0839. The van der Waals surface area contributed by atoms with E-state index in [4.69, 9.17) is 4.74 Å². The van der Waals surface area contributed by atoms with E-state index in [-0.39, 0.29) is 24.8 Å². The molecule has 0 fully saturated rings. The van der Waals surface area contributed by atoms with Crippen molar-refractivity contribution < 1.29 is 18.3 Å². The molecular weight excluding hydrogens is 266 g/mol. The van der Waals surface area contributed by atoms with Gasteiger partial charge in [-0.3, -0.25) is 9.78 Å². The second-order valence-electron chi connectivity index (χ2n) is 3.95. The van der Waals surface area contributed by atoms with Crippen LogP contribution in [0.15, 0.2) is 42.7 Å². The fourth-order valence-corrected chi connectivity index (χ4v) is 1.55. The van der Waals surface area contributed by atoms with Crippen LogP contribution in [0.2, 0.25) is 0 Å². The number of rotatable bonds is 5. The van der Waals surface area contributed by atoms with Crippen LogP contribution in [0.25, 0.3) is 0 Å². The SMILES string of the molecule is O=C(NCCOc1cc(F)cc(F)c1)c1ccncc1. The summed E-state index contributed by atoms with van der Waals surface area (Å²) in [6.07, 6.45) is 3.03. The maximum Gasteiger partial charge on any atom is 0.251 e. The number of nitrogens with zero attached hydrogens (tertiary/aromatic N) is 1. The quantitative estimate of drug-likeness (QED) is 0.853. The number of nitrogens with one attached hydrogen (secondary N) is 1. The Hall–Kier alpha value is -2.50. The molecule has 0 saturated heterocycles. The van der Waals surface area contributed by atoms with Gasteiger partial charge in [-0.2, -0.15) is 0 Å². The second kappa shape index (κ2) is 6.60. The van der Waals surface area contributed by atoms with Gasteiger partial charge in [0.2, 0.25) is 0 Å². The number of carbonyl (C=O) groups is 1. The largest absolute Gasteiger partial charge is 0.492 e. The average molecular weight is 278 g/mol. The third-order valence-corrected chi connectivity index (χ3v) is 2.43. The minimum Gasteiger partial charge on any atom is -0.492 e. The van der Waals surface area contributed by atoms with E-state index < -0.39 is 11.6 Å². The Morgan fingerprint density at radius 1 is 1.15 bits per heavy atom. The Balaban J connectivity index is 1.78. The van der Waals surface area contributed by atoms with E-state index >= 15 is 0 Å². The monoisotopic (exact) mass is 278 g/mol. The molecular formula is C14H12F2N2O2. The number of ether oxygens (including phenoxy) is 1. The van der Waals surface area contributed by atoms with Crippen LogP contribution in [-0.2, 0) is 0 Å². The number of carbonyl (C=O) groups excluding carboxylic acids is 1. The first-order valence-electron chi connectivity index (χ1n) is 5.92. The zero-order chi connectivity index (χ0) is 14.4. The molecule has 0 spiro atoms. The van der Waals surface area contributed by atoms with E-state index in [1.165, 1.54) is 12.4 Å². The molecule has 104 valence electrons. The van der Waals surface area contributed by atoms with E-state index in [0.29, 0.717) is 5.56 Å². The number of amides is 1. The molecule has 4 nitrogen and oxygen atoms in total. The van der Waals surface area contributed by atoms with E-state index in [0.717, 1.165) is 18.2 Å². The van der Waals surface area contributed by atoms with Crippen molar-refractivity contribution in [2.45, 2.75) is 0 Å². The lowest BCUT2D eigenvalue weighted by atomic mass is 10.2. The summed E-state index contributed by atoms with van der Waals surface area (Å²) in [5.41, 5.74) is 0.483. The molecule has 0 saturated carbocycles. The van der Waals surface area contributed by atoms with Crippen LogP contribution in [0.4, 0.5) is 8.78 Å². The number of hydrogen-bond acceptors (Lipinski definition) is 3.